The predicted octanol–water partition coefficient (Wildman–Crippen LogP) is 17.9. The van der Waals surface area contributed by atoms with Gasteiger partial charge in [0.25, 0.3) is 0 Å². The lowest BCUT2D eigenvalue weighted by atomic mass is 10.0. The third-order valence-electron chi connectivity index (χ3n) is 13.5. The second kappa shape index (κ2) is 54.9. The zero-order valence-electron chi connectivity index (χ0n) is 43.7. The molecule has 65 heavy (non-hydrogen) atoms. The summed E-state index contributed by atoms with van der Waals surface area (Å²) in [4.78, 5) is 24.4. The van der Waals surface area contributed by atoms with Crippen LogP contribution in [0.4, 0.5) is 0 Å². The quantitative estimate of drug-likeness (QED) is 0.0321. The zero-order chi connectivity index (χ0) is 47.2. The first-order valence-corrected chi connectivity index (χ1v) is 29.1. The summed E-state index contributed by atoms with van der Waals surface area (Å²) < 4.78 is 5.46. The van der Waals surface area contributed by atoms with E-state index in [1.165, 1.54) is 250 Å². The molecule has 0 rings (SSSR count). The van der Waals surface area contributed by atoms with Crippen molar-refractivity contribution in [1.82, 2.24) is 5.32 Å². The van der Waals surface area contributed by atoms with Crippen LogP contribution in [-0.4, -0.2) is 47.4 Å². The Morgan fingerprint density at radius 1 is 0.415 bits per heavy atom. The molecule has 0 radical (unpaired) electrons. The van der Waals surface area contributed by atoms with Gasteiger partial charge in [0, 0.05) is 12.8 Å². The van der Waals surface area contributed by atoms with Gasteiger partial charge >= 0.3 is 5.97 Å². The van der Waals surface area contributed by atoms with Gasteiger partial charge in [-0.2, -0.15) is 0 Å². The molecule has 0 bridgehead atoms. The van der Waals surface area contributed by atoms with Crippen molar-refractivity contribution < 1.29 is 24.5 Å². The Labute approximate surface area is 405 Å². The number of carbonyl (C=O) groups excluding carboxylic acids is 2. The third-order valence-corrected chi connectivity index (χ3v) is 13.5. The Morgan fingerprint density at radius 3 is 1.09 bits per heavy atom. The van der Waals surface area contributed by atoms with Gasteiger partial charge in [-0.05, 0) is 57.8 Å². The van der Waals surface area contributed by atoms with Crippen molar-refractivity contribution in [3.05, 3.63) is 24.3 Å². The molecule has 0 aromatic rings. The van der Waals surface area contributed by atoms with E-state index in [0.717, 1.165) is 38.5 Å². The van der Waals surface area contributed by atoms with Crippen LogP contribution in [0.2, 0.25) is 0 Å². The summed E-state index contributed by atoms with van der Waals surface area (Å²) in [5.74, 6) is -0.0585. The van der Waals surface area contributed by atoms with E-state index in [0.29, 0.717) is 19.4 Å². The van der Waals surface area contributed by atoms with Gasteiger partial charge in [0.15, 0.2) is 0 Å². The SMILES string of the molecule is CCCCCCCCCCCC/C=C/C(O)C(CO)NC(=O)CCCCCCCCCCC/C=C\CCCCCCCCCCCCCCOC(=O)CCCCCCCCCCCCC. The predicted molar refractivity (Wildman–Crippen MR) is 283 cm³/mol. The number of ether oxygens (including phenoxy) is 1. The lowest BCUT2D eigenvalue weighted by Gasteiger charge is -2.20. The average Bonchev–Trinajstić information content (AvgIpc) is 3.31. The Hall–Kier alpha value is -1.66. The average molecular weight is 917 g/mol. The van der Waals surface area contributed by atoms with Crippen LogP contribution in [0.25, 0.3) is 0 Å². The molecule has 2 atom stereocenters. The number of esters is 1. The molecule has 0 aliphatic rings. The van der Waals surface area contributed by atoms with Crippen molar-refractivity contribution in [3.8, 4) is 0 Å². The molecule has 0 spiro atoms. The number of aliphatic hydroxyl groups excluding tert-OH is 2. The minimum absolute atomic E-state index is 0.0126. The number of hydrogen-bond donors (Lipinski definition) is 3. The molecule has 0 aliphatic carbocycles. The van der Waals surface area contributed by atoms with Gasteiger partial charge in [0.2, 0.25) is 5.91 Å². The highest BCUT2D eigenvalue weighted by Crippen LogP contribution is 2.17. The number of nitrogens with one attached hydrogen (secondary N) is 1. The van der Waals surface area contributed by atoms with Crippen LogP contribution in [0.15, 0.2) is 24.3 Å². The summed E-state index contributed by atoms with van der Waals surface area (Å²) in [6.45, 7) is 4.90. The second-order valence-electron chi connectivity index (χ2n) is 20.0. The molecule has 1 amide bonds. The second-order valence-corrected chi connectivity index (χ2v) is 20.0. The fourth-order valence-electron chi connectivity index (χ4n) is 8.98. The molecule has 2 unspecified atom stereocenters. The standard InChI is InChI=1S/C59H113NO5/c1-3-5-7-9-11-13-15-32-35-39-43-47-51-57(62)56(55-61)60-58(63)52-48-44-40-36-33-29-27-25-23-21-19-17-16-18-20-22-24-26-28-30-34-38-42-46-50-54-65-59(64)53-49-45-41-37-31-14-12-10-8-6-4-2/h17,19,47,51,56-57,61-62H,3-16,18,20-46,48-50,52-55H2,1-2H3,(H,60,63)/b19-17-,51-47+. The number of allylic oxidation sites excluding steroid dienone is 3. The van der Waals surface area contributed by atoms with Crippen molar-refractivity contribution in [2.45, 2.75) is 328 Å². The summed E-state index contributed by atoms with van der Waals surface area (Å²) in [5, 5.41) is 23.0. The lowest BCUT2D eigenvalue weighted by Crippen LogP contribution is -2.45. The molecule has 6 heteroatoms. The number of carbonyl (C=O) groups is 2. The lowest BCUT2D eigenvalue weighted by molar-refractivity contribution is -0.143. The summed E-state index contributed by atoms with van der Waals surface area (Å²) >= 11 is 0. The van der Waals surface area contributed by atoms with E-state index in [2.05, 4.69) is 31.3 Å². The van der Waals surface area contributed by atoms with Crippen molar-refractivity contribution in [2.24, 2.45) is 0 Å². The van der Waals surface area contributed by atoms with E-state index in [9.17, 15) is 19.8 Å². The van der Waals surface area contributed by atoms with E-state index in [4.69, 9.17) is 4.74 Å². The molecule has 0 saturated heterocycles. The summed E-state index contributed by atoms with van der Waals surface area (Å²) in [5.41, 5.74) is 0. The van der Waals surface area contributed by atoms with Gasteiger partial charge in [0.05, 0.1) is 25.4 Å². The minimum atomic E-state index is -0.844. The topological polar surface area (TPSA) is 95.9 Å². The molecule has 0 heterocycles. The highest BCUT2D eigenvalue weighted by molar-refractivity contribution is 5.76. The molecule has 384 valence electrons. The van der Waals surface area contributed by atoms with E-state index in [1.54, 1.807) is 6.08 Å². The highest BCUT2D eigenvalue weighted by Gasteiger charge is 2.18. The first-order valence-electron chi connectivity index (χ1n) is 29.1. The Kier molecular flexibility index (Phi) is 53.5. The molecule has 0 fully saturated rings. The molecule has 0 aromatic carbocycles. The number of hydrogen-bond acceptors (Lipinski definition) is 5. The molecular weight excluding hydrogens is 803 g/mol. The zero-order valence-corrected chi connectivity index (χ0v) is 43.7. The van der Waals surface area contributed by atoms with Crippen LogP contribution >= 0.6 is 0 Å². The minimum Gasteiger partial charge on any atom is -0.466 e. The van der Waals surface area contributed by atoms with E-state index >= 15 is 0 Å². The maximum atomic E-state index is 12.4. The van der Waals surface area contributed by atoms with Crippen LogP contribution in [-0.2, 0) is 14.3 Å². The smallest absolute Gasteiger partial charge is 0.305 e. The molecule has 6 nitrogen and oxygen atoms in total. The molecule has 3 N–H and O–H groups in total. The van der Waals surface area contributed by atoms with Gasteiger partial charge in [-0.25, -0.2) is 0 Å². The Morgan fingerprint density at radius 2 is 0.723 bits per heavy atom. The van der Waals surface area contributed by atoms with Crippen molar-refractivity contribution >= 4 is 11.9 Å². The Balaban J connectivity index is 3.41. The number of unbranched alkanes of at least 4 members (excludes halogenated alkanes) is 41. The highest BCUT2D eigenvalue weighted by atomic mass is 16.5. The maximum Gasteiger partial charge on any atom is 0.305 e. The Bertz CT molecular complexity index is 1010. The summed E-state index contributed by atoms with van der Waals surface area (Å²) in [7, 11) is 0. The van der Waals surface area contributed by atoms with Gasteiger partial charge in [-0.15, -0.1) is 0 Å². The molecule has 0 aromatic heterocycles. The third kappa shape index (κ3) is 51.6. The van der Waals surface area contributed by atoms with Crippen LogP contribution in [0.5, 0.6) is 0 Å². The number of amides is 1. The van der Waals surface area contributed by atoms with E-state index in [1.807, 2.05) is 6.08 Å². The largest absolute Gasteiger partial charge is 0.466 e. The van der Waals surface area contributed by atoms with Crippen molar-refractivity contribution in [2.75, 3.05) is 13.2 Å². The monoisotopic (exact) mass is 916 g/mol. The fourth-order valence-corrected chi connectivity index (χ4v) is 8.98. The van der Waals surface area contributed by atoms with Crippen LogP contribution in [0, 0.1) is 0 Å². The van der Waals surface area contributed by atoms with E-state index < -0.39 is 12.1 Å². The summed E-state index contributed by atoms with van der Waals surface area (Å²) in [6.07, 6.45) is 66.4. The van der Waals surface area contributed by atoms with Crippen LogP contribution in [0.1, 0.15) is 316 Å². The van der Waals surface area contributed by atoms with E-state index in [-0.39, 0.29) is 18.5 Å². The van der Waals surface area contributed by atoms with Crippen molar-refractivity contribution in [1.29, 1.82) is 0 Å². The fraction of sp³-hybridized carbons (Fsp3) is 0.898. The van der Waals surface area contributed by atoms with Gasteiger partial charge in [-0.1, -0.05) is 269 Å². The van der Waals surface area contributed by atoms with Gasteiger partial charge in [0.1, 0.15) is 0 Å². The van der Waals surface area contributed by atoms with Crippen molar-refractivity contribution in [3.63, 3.8) is 0 Å². The number of rotatable bonds is 54. The van der Waals surface area contributed by atoms with Gasteiger partial charge < -0.3 is 20.3 Å². The van der Waals surface area contributed by atoms with Crippen LogP contribution in [0.3, 0.4) is 0 Å². The van der Waals surface area contributed by atoms with Gasteiger partial charge in [-0.3, -0.25) is 9.59 Å². The normalized spacial score (nSPS) is 12.7. The van der Waals surface area contributed by atoms with Crippen LogP contribution < -0.4 is 5.32 Å². The number of aliphatic hydroxyl groups is 2. The summed E-state index contributed by atoms with van der Waals surface area (Å²) in [6, 6.07) is -0.628. The molecule has 0 saturated carbocycles. The maximum absolute atomic E-state index is 12.4. The first kappa shape index (κ1) is 63.3. The molecule has 0 aliphatic heterocycles. The first-order chi connectivity index (χ1) is 32.0. The molecular formula is C59H113NO5.